The molecule has 0 spiro atoms. The zero-order chi connectivity index (χ0) is 22.1. The van der Waals surface area contributed by atoms with Crippen LogP contribution in [-0.4, -0.2) is 65.7 Å². The third-order valence-corrected chi connectivity index (χ3v) is 6.88. The Hall–Kier alpha value is -1.43. The van der Waals surface area contributed by atoms with Crippen LogP contribution < -0.4 is 0 Å². The largest absolute Gasteiger partial charge is 0.394 e. The van der Waals surface area contributed by atoms with Crippen molar-refractivity contribution in [2.45, 2.75) is 34.7 Å². The van der Waals surface area contributed by atoms with Gasteiger partial charge >= 0.3 is 0 Å². The maximum Gasteiger partial charge on any atom is 0.136 e. The van der Waals surface area contributed by atoms with Crippen LogP contribution in [-0.2, 0) is 4.74 Å². The number of aliphatic hydroxyl groups excluding tert-OH is 3. The predicted octanol–water partition coefficient (Wildman–Crippen LogP) is 3.07. The van der Waals surface area contributed by atoms with Crippen molar-refractivity contribution in [3.8, 4) is 11.3 Å². The molecule has 1 saturated heterocycles. The maximum absolute atomic E-state index is 11.0. The van der Waals surface area contributed by atoms with Gasteiger partial charge in [-0.05, 0) is 18.2 Å². The molecule has 4 unspecified atom stereocenters. The highest BCUT2D eigenvalue weighted by atomic mass is 35.5. The molecule has 0 saturated carbocycles. The fourth-order valence-electron chi connectivity index (χ4n) is 3.28. The van der Waals surface area contributed by atoms with Crippen molar-refractivity contribution in [2.24, 2.45) is 0 Å². The smallest absolute Gasteiger partial charge is 0.136 e. The lowest BCUT2D eigenvalue weighted by Gasteiger charge is -2.41. The van der Waals surface area contributed by atoms with Gasteiger partial charge in [-0.1, -0.05) is 57.8 Å². The van der Waals surface area contributed by atoms with E-state index in [1.807, 2.05) is 0 Å². The van der Waals surface area contributed by atoms with Crippen LogP contribution in [0.25, 0.3) is 11.3 Å². The summed E-state index contributed by atoms with van der Waals surface area (Å²) in [7, 11) is 0. The normalized spacial score (nSPS) is 26.2. The Morgan fingerprint density at radius 1 is 1.06 bits per heavy atom. The lowest BCUT2D eigenvalue weighted by atomic mass is 9.97. The van der Waals surface area contributed by atoms with Crippen LogP contribution in [0.1, 0.15) is 6.04 Å². The Morgan fingerprint density at radius 2 is 1.87 bits per heavy atom. The van der Waals surface area contributed by atoms with Crippen LogP contribution in [0.2, 0.25) is 15.1 Å². The molecule has 0 bridgehead atoms. The van der Waals surface area contributed by atoms with Gasteiger partial charge in [0.2, 0.25) is 0 Å². The number of thioether (sulfide) groups is 1. The van der Waals surface area contributed by atoms with Crippen LogP contribution in [0.4, 0.5) is 0 Å². The van der Waals surface area contributed by atoms with Gasteiger partial charge in [-0.15, -0.1) is 5.10 Å². The molecule has 3 aromatic rings. The molecule has 3 N–H and O–H groups in total. The minimum atomic E-state index is -1.22. The van der Waals surface area contributed by atoms with Crippen LogP contribution in [0, 0.1) is 0 Å². The minimum absolute atomic E-state index is 0.367. The van der Waals surface area contributed by atoms with Crippen LogP contribution in [0.15, 0.2) is 47.8 Å². The number of nitrogens with zero attached hydrogens (tertiary/aromatic N) is 4. The lowest BCUT2D eigenvalue weighted by Crippen LogP contribution is -2.55. The number of hydrogen-bond acceptors (Lipinski definition) is 8. The van der Waals surface area contributed by atoms with Gasteiger partial charge in [-0.25, -0.2) is 4.68 Å². The first-order valence-electron chi connectivity index (χ1n) is 9.14. The first-order valence-corrected chi connectivity index (χ1v) is 11.2. The quantitative estimate of drug-likeness (QED) is 0.487. The summed E-state index contributed by atoms with van der Waals surface area (Å²) in [5.74, 6) is 0. The Morgan fingerprint density at radius 3 is 2.58 bits per heavy atom. The number of aliphatic hydroxyl groups is 3. The second kappa shape index (κ2) is 9.60. The molecule has 0 amide bonds. The zero-order valence-corrected chi connectivity index (χ0v) is 18.8. The van der Waals surface area contributed by atoms with Gasteiger partial charge in [0.25, 0.3) is 0 Å². The Bertz CT molecular complexity index is 1070. The second-order valence-corrected chi connectivity index (χ2v) is 9.29. The summed E-state index contributed by atoms with van der Waals surface area (Å²) in [5, 5.41) is 40.8. The number of ether oxygens (including phenoxy) is 1. The van der Waals surface area contributed by atoms with E-state index in [9.17, 15) is 15.3 Å². The number of halogens is 3. The summed E-state index contributed by atoms with van der Waals surface area (Å²) in [5.41, 5.74) is 0.336. The third-order valence-electron chi connectivity index (χ3n) is 4.81. The van der Waals surface area contributed by atoms with Crippen molar-refractivity contribution in [3.05, 3.63) is 57.9 Å². The molecule has 0 aliphatic carbocycles. The third kappa shape index (κ3) is 4.84. The topological polar surface area (TPSA) is 114 Å². The SMILES string of the molecule is OCC1OC(Sc2cncc(Cl)c2)[C@@H](O)C(n2cc(-c3ccc(Cl)c(Cl)c3)nn2)C1O. The first kappa shape index (κ1) is 22.8. The van der Waals surface area contributed by atoms with E-state index < -0.39 is 36.4 Å². The summed E-state index contributed by atoms with van der Waals surface area (Å²) in [6.45, 7) is -0.441. The van der Waals surface area contributed by atoms with Gasteiger partial charge in [0.15, 0.2) is 0 Å². The van der Waals surface area contributed by atoms with Crippen LogP contribution in [0.5, 0.6) is 0 Å². The summed E-state index contributed by atoms with van der Waals surface area (Å²) < 4.78 is 7.09. The van der Waals surface area contributed by atoms with Crippen molar-refractivity contribution >= 4 is 46.6 Å². The first-order chi connectivity index (χ1) is 14.9. The minimum Gasteiger partial charge on any atom is -0.394 e. The lowest BCUT2D eigenvalue weighted by molar-refractivity contribution is -0.178. The van der Waals surface area contributed by atoms with Crippen molar-refractivity contribution in [1.82, 2.24) is 20.0 Å². The van der Waals surface area contributed by atoms with Crippen LogP contribution in [0.3, 0.4) is 0 Å². The molecule has 4 rings (SSSR count). The van der Waals surface area contributed by atoms with E-state index in [4.69, 9.17) is 39.5 Å². The van der Waals surface area contributed by atoms with E-state index >= 15 is 0 Å². The summed E-state index contributed by atoms with van der Waals surface area (Å²) in [6.07, 6.45) is 1.32. The molecule has 8 nitrogen and oxygen atoms in total. The van der Waals surface area contributed by atoms with Gasteiger partial charge in [0.1, 0.15) is 35.5 Å². The van der Waals surface area contributed by atoms with E-state index in [2.05, 4.69) is 15.3 Å². The monoisotopic (exact) mass is 502 g/mol. The molecule has 12 heteroatoms. The van der Waals surface area contributed by atoms with Crippen molar-refractivity contribution in [3.63, 3.8) is 0 Å². The highest BCUT2D eigenvalue weighted by Crippen LogP contribution is 2.38. The fraction of sp³-hybridized carbons (Fsp3) is 0.316. The Labute approximate surface area is 196 Å². The molecule has 5 atom stereocenters. The molecule has 1 aliphatic rings. The second-order valence-electron chi connectivity index (χ2n) is 6.87. The van der Waals surface area contributed by atoms with Gasteiger partial charge in [0.05, 0.1) is 27.9 Å². The van der Waals surface area contributed by atoms with E-state index in [1.54, 1.807) is 36.7 Å². The van der Waals surface area contributed by atoms with Gasteiger partial charge in [-0.3, -0.25) is 4.98 Å². The number of pyridine rings is 1. The zero-order valence-electron chi connectivity index (χ0n) is 15.7. The van der Waals surface area contributed by atoms with Crippen molar-refractivity contribution < 1.29 is 20.1 Å². The summed E-state index contributed by atoms with van der Waals surface area (Å²) in [4.78, 5) is 4.69. The molecule has 1 aliphatic heterocycles. The summed E-state index contributed by atoms with van der Waals surface area (Å²) >= 11 is 19.2. The van der Waals surface area contributed by atoms with Gasteiger partial charge < -0.3 is 20.1 Å². The van der Waals surface area contributed by atoms with Crippen molar-refractivity contribution in [1.29, 1.82) is 0 Å². The summed E-state index contributed by atoms with van der Waals surface area (Å²) in [6, 6.07) is 5.79. The number of rotatable bonds is 5. The fourth-order valence-corrected chi connectivity index (χ4v) is 4.90. The van der Waals surface area contributed by atoms with E-state index in [-0.39, 0.29) is 0 Å². The number of benzene rings is 1. The average molecular weight is 504 g/mol. The van der Waals surface area contributed by atoms with Gasteiger partial charge in [-0.2, -0.15) is 0 Å². The van der Waals surface area contributed by atoms with E-state index in [1.165, 1.54) is 22.6 Å². The molecule has 31 heavy (non-hydrogen) atoms. The molecular weight excluding hydrogens is 487 g/mol. The molecule has 1 fully saturated rings. The predicted molar refractivity (Wildman–Crippen MR) is 117 cm³/mol. The molecule has 3 heterocycles. The molecular formula is C19H17Cl3N4O4S. The number of aromatic nitrogens is 4. The molecule has 0 radical (unpaired) electrons. The highest BCUT2D eigenvalue weighted by Gasteiger charge is 2.46. The Balaban J connectivity index is 1.62. The van der Waals surface area contributed by atoms with Crippen molar-refractivity contribution in [2.75, 3.05) is 6.61 Å². The Kier molecular flexibility index (Phi) is 7.04. The molecule has 2 aromatic heterocycles. The van der Waals surface area contributed by atoms with Crippen LogP contribution >= 0.6 is 46.6 Å². The standard InChI is InChI=1S/C19H17Cl3N4O4S/c20-10-4-11(6-23-5-10)31-19-18(29)16(17(28)15(8-27)30-19)26-7-14(24-25-26)9-1-2-12(21)13(22)3-9/h1-7,15-19,27-29H,8H2/t15?,16?,17?,18-,19?/m0/s1. The van der Waals surface area contributed by atoms with E-state index in [0.29, 0.717) is 31.2 Å². The maximum atomic E-state index is 11.0. The van der Waals surface area contributed by atoms with Gasteiger partial charge in [0, 0.05) is 22.9 Å². The molecule has 164 valence electrons. The number of hydrogen-bond donors (Lipinski definition) is 3. The van der Waals surface area contributed by atoms with E-state index in [0.717, 1.165) is 0 Å². The highest BCUT2D eigenvalue weighted by molar-refractivity contribution is 7.99. The molecule has 1 aromatic carbocycles. The average Bonchev–Trinajstić information content (AvgIpc) is 3.22.